The van der Waals surface area contributed by atoms with E-state index < -0.39 is 38.4 Å². The van der Waals surface area contributed by atoms with Crippen LogP contribution in [0.4, 0.5) is 4.79 Å². The van der Waals surface area contributed by atoms with Gasteiger partial charge in [-0.15, -0.1) is 0 Å². The Balaban J connectivity index is 2.44. The lowest BCUT2D eigenvalue weighted by molar-refractivity contribution is 0.0801. The maximum Gasteiger partial charge on any atom is 0.319 e. The Morgan fingerprint density at radius 1 is 1.05 bits per heavy atom. The van der Waals surface area contributed by atoms with Crippen LogP contribution in [0.15, 0.2) is 0 Å². The molecule has 9 nitrogen and oxygen atoms in total. The lowest BCUT2D eigenvalue weighted by Gasteiger charge is -2.42. The summed E-state index contributed by atoms with van der Waals surface area (Å²) in [6, 6.07) is -0.501. The first-order valence-electron chi connectivity index (χ1n) is 5.50. The van der Waals surface area contributed by atoms with Gasteiger partial charge in [0.25, 0.3) is 0 Å². The first-order chi connectivity index (χ1) is 8.53. The number of urea groups is 1. The van der Waals surface area contributed by atoms with Gasteiger partial charge in [0.2, 0.25) is 20.0 Å². The van der Waals surface area contributed by atoms with Crippen molar-refractivity contribution < 1.29 is 21.6 Å². The summed E-state index contributed by atoms with van der Waals surface area (Å²) in [5.41, 5.74) is 0. The number of hydrogen-bond acceptors (Lipinski definition) is 5. The van der Waals surface area contributed by atoms with Gasteiger partial charge in [-0.05, 0) is 0 Å². The summed E-state index contributed by atoms with van der Waals surface area (Å²) in [5, 5.41) is 2.49. The van der Waals surface area contributed by atoms with Gasteiger partial charge in [-0.25, -0.2) is 21.6 Å². The van der Waals surface area contributed by atoms with Gasteiger partial charge in [0, 0.05) is 20.1 Å². The second-order valence-electron chi connectivity index (χ2n) is 4.67. The molecule has 2 atom stereocenters. The number of nitrogens with zero attached hydrogens (tertiary/aromatic N) is 3. The van der Waals surface area contributed by atoms with Crippen molar-refractivity contribution in [2.45, 2.75) is 12.3 Å². The van der Waals surface area contributed by atoms with Crippen molar-refractivity contribution in [2.75, 3.05) is 32.6 Å². The molecule has 2 fully saturated rings. The number of rotatable bonds is 2. The van der Waals surface area contributed by atoms with E-state index in [2.05, 4.69) is 5.32 Å². The monoisotopic (exact) mass is 312 g/mol. The van der Waals surface area contributed by atoms with Gasteiger partial charge in [0.15, 0.2) is 0 Å². The van der Waals surface area contributed by atoms with Crippen LogP contribution < -0.4 is 5.32 Å². The molecular weight excluding hydrogens is 296 g/mol. The average Bonchev–Trinajstić information content (AvgIpc) is 2.51. The van der Waals surface area contributed by atoms with Crippen LogP contribution in [0.1, 0.15) is 0 Å². The first kappa shape index (κ1) is 14.5. The third kappa shape index (κ3) is 2.42. The molecule has 1 N–H and O–H groups in total. The molecule has 0 spiro atoms. The third-order valence-corrected chi connectivity index (χ3v) is 5.78. The largest absolute Gasteiger partial charge is 0.319 e. The minimum atomic E-state index is -3.53. The Labute approximate surface area is 112 Å². The fraction of sp³-hybridized carbons (Fsp3) is 0.875. The number of nitrogens with one attached hydrogen (secondary N) is 1. The molecule has 2 rings (SSSR count). The summed E-state index contributed by atoms with van der Waals surface area (Å²) < 4.78 is 49.1. The molecule has 19 heavy (non-hydrogen) atoms. The zero-order valence-corrected chi connectivity index (χ0v) is 12.4. The fourth-order valence-corrected chi connectivity index (χ4v) is 4.46. The number of carbonyl (C=O) groups is 1. The van der Waals surface area contributed by atoms with Gasteiger partial charge in [0.05, 0.1) is 12.5 Å². The standard InChI is InChI=1S/C8H16N4O5S2/c1-10-7-6(9-8(10)13)11(18(2,14)15)4-5-12(7)19(3,16)17/h6-7H,4-5H2,1-3H3,(H,9,13)/t6-,7-/m0/s1. The van der Waals surface area contributed by atoms with Crippen LogP contribution in [-0.2, 0) is 20.0 Å². The minimum Gasteiger partial charge on any atom is -0.318 e. The van der Waals surface area contributed by atoms with E-state index in [0.717, 1.165) is 21.1 Å². The molecule has 2 aliphatic rings. The molecule has 0 aromatic carbocycles. The highest BCUT2D eigenvalue weighted by atomic mass is 32.2. The quantitative estimate of drug-likeness (QED) is 0.624. The lowest BCUT2D eigenvalue weighted by atomic mass is 10.3. The fourth-order valence-electron chi connectivity index (χ4n) is 2.41. The van der Waals surface area contributed by atoms with Crippen molar-refractivity contribution in [2.24, 2.45) is 0 Å². The van der Waals surface area contributed by atoms with Crippen LogP contribution in [-0.4, -0.2) is 81.4 Å². The van der Waals surface area contributed by atoms with Gasteiger partial charge in [0.1, 0.15) is 12.3 Å². The Morgan fingerprint density at radius 3 is 2.00 bits per heavy atom. The number of amides is 2. The maximum absolute atomic E-state index is 11.7. The van der Waals surface area contributed by atoms with E-state index >= 15 is 0 Å². The van der Waals surface area contributed by atoms with Crippen molar-refractivity contribution in [1.82, 2.24) is 18.8 Å². The molecule has 0 aromatic rings. The van der Waals surface area contributed by atoms with Gasteiger partial charge >= 0.3 is 6.03 Å². The molecule has 0 radical (unpaired) electrons. The summed E-state index contributed by atoms with van der Waals surface area (Å²) in [7, 11) is -5.62. The molecule has 2 aliphatic heterocycles. The number of sulfonamides is 2. The van der Waals surface area contributed by atoms with Crippen LogP contribution in [0.2, 0.25) is 0 Å². The zero-order valence-electron chi connectivity index (χ0n) is 10.8. The Morgan fingerprint density at radius 2 is 1.53 bits per heavy atom. The van der Waals surface area contributed by atoms with Gasteiger partial charge in [-0.2, -0.15) is 8.61 Å². The van der Waals surface area contributed by atoms with Crippen molar-refractivity contribution in [3.63, 3.8) is 0 Å². The summed E-state index contributed by atoms with van der Waals surface area (Å²) in [6.45, 7) is 0.0353. The Bertz CT molecular complexity index is 601. The average molecular weight is 312 g/mol. The van der Waals surface area contributed by atoms with E-state index in [1.165, 1.54) is 11.9 Å². The summed E-state index contributed by atoms with van der Waals surface area (Å²) >= 11 is 0. The summed E-state index contributed by atoms with van der Waals surface area (Å²) in [4.78, 5) is 12.9. The number of likely N-dealkylation sites (N-methyl/N-ethyl adjacent to an activating group) is 1. The normalized spacial score (nSPS) is 30.3. The van der Waals surface area contributed by atoms with Crippen LogP contribution in [0.3, 0.4) is 0 Å². The molecule has 0 unspecified atom stereocenters. The second kappa shape index (κ2) is 4.30. The summed E-state index contributed by atoms with van der Waals surface area (Å²) in [6.07, 6.45) is 0.323. The lowest BCUT2D eigenvalue weighted by Crippen LogP contribution is -2.65. The number of carbonyl (C=O) groups excluding carboxylic acids is 1. The number of hydrogen-bond donors (Lipinski definition) is 1. The van der Waals surface area contributed by atoms with E-state index in [1.807, 2.05) is 0 Å². The molecule has 2 amide bonds. The third-order valence-electron chi connectivity index (χ3n) is 3.27. The smallest absolute Gasteiger partial charge is 0.318 e. The number of piperazine rings is 1. The SMILES string of the molecule is CN1C(=O)N[C@@H]2[C@@H]1N(S(C)(=O)=O)CCN2S(C)(=O)=O. The molecule has 0 bridgehead atoms. The highest BCUT2D eigenvalue weighted by Crippen LogP contribution is 2.26. The van der Waals surface area contributed by atoms with Crippen LogP contribution in [0, 0.1) is 0 Å². The highest BCUT2D eigenvalue weighted by Gasteiger charge is 2.51. The molecule has 0 saturated carbocycles. The molecule has 0 aromatic heterocycles. The van der Waals surface area contributed by atoms with E-state index in [4.69, 9.17) is 0 Å². The first-order valence-corrected chi connectivity index (χ1v) is 9.20. The van der Waals surface area contributed by atoms with Crippen LogP contribution in [0.25, 0.3) is 0 Å². The van der Waals surface area contributed by atoms with E-state index in [0.29, 0.717) is 0 Å². The van der Waals surface area contributed by atoms with E-state index in [9.17, 15) is 21.6 Å². The minimum absolute atomic E-state index is 0.0151. The van der Waals surface area contributed by atoms with Crippen molar-refractivity contribution in [3.8, 4) is 0 Å². The van der Waals surface area contributed by atoms with Gasteiger partial charge in [-0.1, -0.05) is 0 Å². The summed E-state index contributed by atoms with van der Waals surface area (Å²) in [5.74, 6) is 0. The van der Waals surface area contributed by atoms with E-state index in [-0.39, 0.29) is 13.1 Å². The molecule has 0 aliphatic carbocycles. The Kier molecular flexibility index (Phi) is 3.28. The van der Waals surface area contributed by atoms with Crippen molar-refractivity contribution >= 4 is 26.1 Å². The van der Waals surface area contributed by atoms with Gasteiger partial charge in [-0.3, -0.25) is 0 Å². The zero-order chi connectivity index (χ0) is 14.6. The number of fused-ring (bicyclic) bond motifs is 1. The van der Waals surface area contributed by atoms with Gasteiger partial charge < -0.3 is 10.2 Å². The van der Waals surface area contributed by atoms with Crippen molar-refractivity contribution in [3.05, 3.63) is 0 Å². The highest BCUT2D eigenvalue weighted by molar-refractivity contribution is 7.88. The molecule has 110 valence electrons. The predicted molar refractivity (Wildman–Crippen MR) is 67.0 cm³/mol. The van der Waals surface area contributed by atoms with Crippen LogP contribution in [0.5, 0.6) is 0 Å². The Hall–Kier alpha value is -0.910. The molecular formula is C8H16N4O5S2. The molecule has 2 heterocycles. The maximum atomic E-state index is 11.7. The van der Waals surface area contributed by atoms with Crippen LogP contribution >= 0.6 is 0 Å². The molecule has 11 heteroatoms. The molecule has 2 saturated heterocycles. The predicted octanol–water partition coefficient (Wildman–Crippen LogP) is -2.17. The van der Waals surface area contributed by atoms with E-state index in [1.54, 1.807) is 0 Å². The topological polar surface area (TPSA) is 107 Å². The van der Waals surface area contributed by atoms with Crippen molar-refractivity contribution in [1.29, 1.82) is 0 Å². The second-order valence-corrected chi connectivity index (χ2v) is 8.54.